The fraction of sp³-hybridized carbons (Fsp3) is 0.524. The van der Waals surface area contributed by atoms with Gasteiger partial charge in [-0.2, -0.15) is 0 Å². The molecule has 3 N–H and O–H groups in total. The minimum atomic E-state index is -0.879. The quantitative estimate of drug-likeness (QED) is 0.561. The van der Waals surface area contributed by atoms with Crippen LogP contribution in [0.25, 0.3) is 0 Å². The van der Waals surface area contributed by atoms with E-state index in [1.165, 1.54) is 4.90 Å². The van der Waals surface area contributed by atoms with E-state index in [0.717, 1.165) is 5.56 Å². The molecule has 0 radical (unpaired) electrons. The lowest BCUT2D eigenvalue weighted by Gasteiger charge is -2.26. The molecule has 0 aromatic heterocycles. The number of hydrogen-bond acceptors (Lipinski definition) is 6. The maximum atomic E-state index is 12.6. The molecule has 1 heterocycles. The fourth-order valence-electron chi connectivity index (χ4n) is 2.88. The molecule has 1 aromatic rings. The van der Waals surface area contributed by atoms with Crippen LogP contribution in [0, 0.1) is 5.92 Å². The van der Waals surface area contributed by atoms with Crippen LogP contribution in [0.4, 0.5) is 9.59 Å². The molecule has 31 heavy (non-hydrogen) atoms. The summed E-state index contributed by atoms with van der Waals surface area (Å²) in [6, 6.07) is 7.77. The average molecular weight is 434 g/mol. The number of hydrogen-bond donors (Lipinski definition) is 3. The van der Waals surface area contributed by atoms with Crippen molar-refractivity contribution in [3.63, 3.8) is 0 Å². The summed E-state index contributed by atoms with van der Waals surface area (Å²) in [5, 5.41) is 7.26. The van der Waals surface area contributed by atoms with E-state index in [9.17, 15) is 19.2 Å². The molecular weight excluding hydrogens is 404 g/mol. The van der Waals surface area contributed by atoms with Crippen LogP contribution in [0.2, 0.25) is 0 Å². The highest BCUT2D eigenvalue weighted by molar-refractivity contribution is 5.97. The number of alkyl carbamates (subject to hydrolysis) is 1. The second kappa shape index (κ2) is 12.5. The summed E-state index contributed by atoms with van der Waals surface area (Å²) < 4.78 is 10.3. The molecule has 1 aromatic carbocycles. The second-order valence-electron chi connectivity index (χ2n) is 7.24. The van der Waals surface area contributed by atoms with Crippen LogP contribution in [0.1, 0.15) is 25.8 Å². The van der Waals surface area contributed by atoms with Gasteiger partial charge in [0, 0.05) is 13.1 Å². The van der Waals surface area contributed by atoms with Crippen LogP contribution >= 0.6 is 0 Å². The molecule has 0 bridgehead atoms. The van der Waals surface area contributed by atoms with Crippen molar-refractivity contribution in [2.45, 2.75) is 32.9 Å². The van der Waals surface area contributed by atoms with E-state index < -0.39 is 30.0 Å². The molecule has 2 rings (SSSR count). The molecular formula is C21H30N4O6. The first-order valence-corrected chi connectivity index (χ1v) is 10.3. The minimum Gasteiger partial charge on any atom is -0.445 e. The van der Waals surface area contributed by atoms with Gasteiger partial charge in [-0.15, -0.1) is 0 Å². The maximum absolute atomic E-state index is 12.6. The second-order valence-corrected chi connectivity index (χ2v) is 7.24. The maximum Gasteiger partial charge on any atom is 0.408 e. The Morgan fingerprint density at radius 2 is 1.81 bits per heavy atom. The predicted octanol–water partition coefficient (Wildman–Crippen LogP) is 1.01. The molecule has 0 unspecified atom stereocenters. The molecule has 0 aliphatic carbocycles. The van der Waals surface area contributed by atoms with Crippen molar-refractivity contribution in [3.05, 3.63) is 35.9 Å². The van der Waals surface area contributed by atoms with Gasteiger partial charge in [-0.3, -0.25) is 14.9 Å². The van der Waals surface area contributed by atoms with Crippen LogP contribution in [0.5, 0.6) is 0 Å². The predicted molar refractivity (Wildman–Crippen MR) is 112 cm³/mol. The Balaban J connectivity index is 1.80. The third-order valence-corrected chi connectivity index (χ3v) is 4.95. The van der Waals surface area contributed by atoms with Crippen molar-refractivity contribution in [3.8, 4) is 0 Å². The summed E-state index contributed by atoms with van der Waals surface area (Å²) in [5.74, 6) is -1.36. The lowest BCUT2D eigenvalue weighted by molar-refractivity contribution is -0.127. The van der Waals surface area contributed by atoms with Crippen LogP contribution in [0.3, 0.4) is 0 Å². The van der Waals surface area contributed by atoms with Gasteiger partial charge in [0.05, 0.1) is 19.8 Å². The number of imide groups is 1. The van der Waals surface area contributed by atoms with Crippen LogP contribution in [-0.4, -0.2) is 67.7 Å². The van der Waals surface area contributed by atoms with Gasteiger partial charge < -0.3 is 25.0 Å². The molecule has 10 heteroatoms. The molecule has 0 saturated carbocycles. The summed E-state index contributed by atoms with van der Waals surface area (Å²) in [4.78, 5) is 50.3. The van der Waals surface area contributed by atoms with Gasteiger partial charge in [0.15, 0.2) is 0 Å². The first-order chi connectivity index (χ1) is 14.9. The molecule has 0 spiro atoms. The molecule has 5 amide bonds. The number of nitrogens with one attached hydrogen (secondary N) is 3. The van der Waals surface area contributed by atoms with Crippen molar-refractivity contribution < 1.29 is 28.7 Å². The Labute approximate surface area is 181 Å². The average Bonchev–Trinajstić information content (AvgIpc) is 2.80. The highest BCUT2D eigenvalue weighted by atomic mass is 16.5. The third kappa shape index (κ3) is 8.25. The van der Waals surface area contributed by atoms with Crippen molar-refractivity contribution >= 4 is 23.9 Å². The standard InChI is InChI=1S/C21H30N4O6/c1-3-15(2)18(24-21(29)31-14-16-7-5-4-6-8-16)19(27)22-13-17(26)23-20(28)25-9-11-30-12-10-25/h4-8,15,18H,3,9-14H2,1-2H3,(H,22,27)(H,24,29)(H,23,26,28)/t15-,18-/m0/s1. The first-order valence-electron chi connectivity index (χ1n) is 10.3. The number of nitrogens with zero attached hydrogens (tertiary/aromatic N) is 1. The molecule has 1 aliphatic heterocycles. The lowest BCUT2D eigenvalue weighted by Crippen LogP contribution is -2.53. The molecule has 1 saturated heterocycles. The van der Waals surface area contributed by atoms with Crippen LogP contribution in [-0.2, 0) is 25.7 Å². The number of benzene rings is 1. The van der Waals surface area contributed by atoms with E-state index in [1.54, 1.807) is 0 Å². The molecule has 170 valence electrons. The van der Waals surface area contributed by atoms with E-state index in [-0.39, 0.29) is 19.1 Å². The van der Waals surface area contributed by atoms with Gasteiger partial charge in [-0.1, -0.05) is 50.6 Å². The largest absolute Gasteiger partial charge is 0.445 e. The van der Waals surface area contributed by atoms with Gasteiger partial charge in [-0.25, -0.2) is 9.59 Å². The zero-order chi connectivity index (χ0) is 22.6. The van der Waals surface area contributed by atoms with Crippen LogP contribution in [0.15, 0.2) is 30.3 Å². The summed E-state index contributed by atoms with van der Waals surface area (Å²) in [5.41, 5.74) is 0.823. The highest BCUT2D eigenvalue weighted by Gasteiger charge is 2.27. The Morgan fingerprint density at radius 3 is 2.45 bits per heavy atom. The van der Waals surface area contributed by atoms with Crippen molar-refractivity contribution in [1.29, 1.82) is 0 Å². The summed E-state index contributed by atoms with van der Waals surface area (Å²) >= 11 is 0. The zero-order valence-electron chi connectivity index (χ0n) is 17.9. The van der Waals surface area contributed by atoms with E-state index in [4.69, 9.17) is 9.47 Å². The smallest absolute Gasteiger partial charge is 0.408 e. The van der Waals surface area contributed by atoms with E-state index in [0.29, 0.717) is 32.7 Å². The molecule has 1 aliphatic rings. The monoisotopic (exact) mass is 434 g/mol. The number of amides is 5. The fourth-order valence-corrected chi connectivity index (χ4v) is 2.88. The number of carbonyl (C=O) groups is 4. The third-order valence-electron chi connectivity index (χ3n) is 4.95. The van der Waals surface area contributed by atoms with Gasteiger partial charge in [0.2, 0.25) is 11.8 Å². The van der Waals surface area contributed by atoms with Gasteiger partial charge in [0.1, 0.15) is 12.6 Å². The lowest BCUT2D eigenvalue weighted by atomic mass is 9.98. The Bertz CT molecular complexity index is 751. The number of morpholine rings is 1. The highest BCUT2D eigenvalue weighted by Crippen LogP contribution is 2.09. The number of urea groups is 1. The van der Waals surface area contributed by atoms with E-state index in [1.807, 2.05) is 44.2 Å². The van der Waals surface area contributed by atoms with Gasteiger partial charge >= 0.3 is 12.1 Å². The van der Waals surface area contributed by atoms with Crippen molar-refractivity contribution in [1.82, 2.24) is 20.9 Å². The van der Waals surface area contributed by atoms with Gasteiger partial charge in [-0.05, 0) is 11.5 Å². The zero-order valence-corrected chi connectivity index (χ0v) is 17.9. The van der Waals surface area contributed by atoms with E-state index in [2.05, 4.69) is 16.0 Å². The van der Waals surface area contributed by atoms with Crippen molar-refractivity contribution in [2.75, 3.05) is 32.8 Å². The topological polar surface area (TPSA) is 126 Å². The SMILES string of the molecule is CC[C@H](C)[C@H](NC(=O)OCc1ccccc1)C(=O)NCC(=O)NC(=O)N1CCOCC1. The van der Waals surface area contributed by atoms with Crippen LogP contribution < -0.4 is 16.0 Å². The van der Waals surface area contributed by atoms with Crippen molar-refractivity contribution in [2.24, 2.45) is 5.92 Å². The number of rotatable bonds is 8. The summed E-state index contributed by atoms with van der Waals surface area (Å²) in [7, 11) is 0. The Morgan fingerprint density at radius 1 is 1.13 bits per heavy atom. The molecule has 2 atom stereocenters. The minimum absolute atomic E-state index is 0.0770. The normalized spacial score (nSPS) is 15.4. The summed E-state index contributed by atoms with van der Waals surface area (Å²) in [6.45, 7) is 5.02. The Kier molecular flexibility index (Phi) is 9.76. The van der Waals surface area contributed by atoms with E-state index >= 15 is 0 Å². The summed E-state index contributed by atoms with van der Waals surface area (Å²) in [6.07, 6.45) is -0.102. The first kappa shape index (κ1) is 24.1. The number of carbonyl (C=O) groups excluding carboxylic acids is 4. The number of ether oxygens (including phenoxy) is 2. The Hall–Kier alpha value is -3.14. The molecule has 1 fully saturated rings. The van der Waals surface area contributed by atoms with Gasteiger partial charge in [0.25, 0.3) is 0 Å². The molecule has 10 nitrogen and oxygen atoms in total.